The standard InChI is InChI=1S/C8H14N2O3/c1-5-3-2-4-6(5)13-8(12)10-7(9)11/h5-6H,2-4H2,1H3,(H3,9,10,11,12)/t5-,6+/m1/s1. The predicted octanol–water partition coefficient (Wildman–Crippen LogP) is 0.980. The van der Waals surface area contributed by atoms with Crippen molar-refractivity contribution in [1.29, 1.82) is 0 Å². The summed E-state index contributed by atoms with van der Waals surface area (Å²) in [7, 11) is 0. The van der Waals surface area contributed by atoms with E-state index in [2.05, 4.69) is 0 Å². The number of hydrogen-bond acceptors (Lipinski definition) is 3. The van der Waals surface area contributed by atoms with Crippen LogP contribution in [0.5, 0.6) is 0 Å². The maximum Gasteiger partial charge on any atom is 0.415 e. The van der Waals surface area contributed by atoms with Gasteiger partial charge in [0.2, 0.25) is 0 Å². The van der Waals surface area contributed by atoms with Gasteiger partial charge in [-0.3, -0.25) is 0 Å². The van der Waals surface area contributed by atoms with Crippen LogP contribution >= 0.6 is 0 Å². The van der Waals surface area contributed by atoms with E-state index in [1.54, 1.807) is 0 Å². The molecule has 3 amide bonds. The lowest BCUT2D eigenvalue weighted by Gasteiger charge is -2.15. The van der Waals surface area contributed by atoms with Crippen molar-refractivity contribution >= 4 is 12.1 Å². The average Bonchev–Trinajstić information content (AvgIpc) is 2.34. The third-order valence-corrected chi connectivity index (χ3v) is 2.27. The minimum Gasteiger partial charge on any atom is -0.446 e. The first-order valence-electron chi connectivity index (χ1n) is 4.36. The van der Waals surface area contributed by atoms with Gasteiger partial charge in [0.15, 0.2) is 0 Å². The topological polar surface area (TPSA) is 81.4 Å². The van der Waals surface area contributed by atoms with Gasteiger partial charge in [-0.15, -0.1) is 0 Å². The number of primary amides is 1. The van der Waals surface area contributed by atoms with Crippen molar-refractivity contribution in [3.63, 3.8) is 0 Å². The second-order valence-electron chi connectivity index (χ2n) is 3.34. The minimum atomic E-state index is -0.879. The van der Waals surface area contributed by atoms with E-state index in [9.17, 15) is 9.59 Å². The van der Waals surface area contributed by atoms with Gasteiger partial charge in [0, 0.05) is 0 Å². The van der Waals surface area contributed by atoms with Crippen LogP contribution < -0.4 is 11.1 Å². The number of carbonyl (C=O) groups is 2. The zero-order chi connectivity index (χ0) is 9.84. The molecule has 1 fully saturated rings. The number of hydrogen-bond donors (Lipinski definition) is 2. The van der Waals surface area contributed by atoms with Crippen LogP contribution in [-0.4, -0.2) is 18.2 Å². The van der Waals surface area contributed by atoms with Gasteiger partial charge < -0.3 is 10.5 Å². The van der Waals surface area contributed by atoms with Gasteiger partial charge in [0.25, 0.3) is 0 Å². The van der Waals surface area contributed by atoms with Gasteiger partial charge in [-0.1, -0.05) is 6.92 Å². The zero-order valence-electron chi connectivity index (χ0n) is 7.58. The molecule has 5 nitrogen and oxygen atoms in total. The maximum atomic E-state index is 10.9. The Balaban J connectivity index is 2.31. The number of nitrogens with two attached hydrogens (primary N) is 1. The van der Waals surface area contributed by atoms with Gasteiger partial charge in [0.05, 0.1) is 0 Å². The number of urea groups is 1. The van der Waals surface area contributed by atoms with Crippen LogP contribution in [0, 0.1) is 5.92 Å². The maximum absolute atomic E-state index is 10.9. The SMILES string of the molecule is C[C@@H]1CCC[C@@H]1OC(=O)NC(N)=O. The summed E-state index contributed by atoms with van der Waals surface area (Å²) in [6.45, 7) is 2.02. The smallest absolute Gasteiger partial charge is 0.415 e. The Morgan fingerprint density at radius 1 is 1.46 bits per heavy atom. The van der Waals surface area contributed by atoms with Gasteiger partial charge >= 0.3 is 12.1 Å². The highest BCUT2D eigenvalue weighted by molar-refractivity contribution is 5.89. The molecule has 0 aromatic heterocycles. The molecule has 13 heavy (non-hydrogen) atoms. The normalized spacial score (nSPS) is 26.8. The summed E-state index contributed by atoms with van der Waals surface area (Å²) in [5.41, 5.74) is 4.75. The fourth-order valence-electron chi connectivity index (χ4n) is 1.55. The highest BCUT2D eigenvalue weighted by Gasteiger charge is 2.26. The molecule has 1 saturated carbocycles. The molecule has 0 saturated heterocycles. The molecule has 0 spiro atoms. The number of amides is 3. The summed E-state index contributed by atoms with van der Waals surface area (Å²) in [6, 6.07) is -0.879. The third-order valence-electron chi connectivity index (χ3n) is 2.27. The fraction of sp³-hybridized carbons (Fsp3) is 0.750. The van der Waals surface area contributed by atoms with E-state index in [0.717, 1.165) is 19.3 Å². The molecule has 0 unspecified atom stereocenters. The molecule has 1 rings (SSSR count). The summed E-state index contributed by atoms with van der Waals surface area (Å²) in [6.07, 6.45) is 2.18. The molecule has 2 atom stereocenters. The predicted molar refractivity (Wildman–Crippen MR) is 46.0 cm³/mol. The Bertz CT molecular complexity index is 217. The van der Waals surface area contributed by atoms with E-state index in [4.69, 9.17) is 10.5 Å². The molecule has 0 heterocycles. The largest absolute Gasteiger partial charge is 0.446 e. The lowest BCUT2D eigenvalue weighted by Crippen LogP contribution is -2.37. The molecule has 3 N–H and O–H groups in total. The van der Waals surface area contributed by atoms with E-state index in [1.165, 1.54) is 0 Å². The Kier molecular flexibility index (Phi) is 3.11. The first kappa shape index (κ1) is 9.83. The fourth-order valence-corrected chi connectivity index (χ4v) is 1.55. The van der Waals surface area contributed by atoms with Crippen molar-refractivity contribution < 1.29 is 14.3 Å². The van der Waals surface area contributed by atoms with Crippen LogP contribution in [0.3, 0.4) is 0 Å². The average molecular weight is 186 g/mol. The Hall–Kier alpha value is -1.26. The van der Waals surface area contributed by atoms with Crippen molar-refractivity contribution in [1.82, 2.24) is 5.32 Å². The van der Waals surface area contributed by atoms with Crippen LogP contribution in [0.1, 0.15) is 26.2 Å². The number of nitrogens with one attached hydrogen (secondary N) is 1. The Morgan fingerprint density at radius 3 is 2.62 bits per heavy atom. The number of rotatable bonds is 1. The molecule has 74 valence electrons. The third kappa shape index (κ3) is 2.93. The van der Waals surface area contributed by atoms with Crippen molar-refractivity contribution in [3.8, 4) is 0 Å². The molecule has 0 aromatic rings. The van der Waals surface area contributed by atoms with Crippen LogP contribution in [-0.2, 0) is 4.74 Å². The van der Waals surface area contributed by atoms with Crippen molar-refractivity contribution in [2.75, 3.05) is 0 Å². The van der Waals surface area contributed by atoms with E-state index >= 15 is 0 Å². The number of carbonyl (C=O) groups excluding carboxylic acids is 2. The van der Waals surface area contributed by atoms with Crippen LogP contribution in [0.15, 0.2) is 0 Å². The first-order valence-corrected chi connectivity index (χ1v) is 4.36. The Morgan fingerprint density at radius 2 is 2.15 bits per heavy atom. The molecule has 0 aliphatic heterocycles. The van der Waals surface area contributed by atoms with Gasteiger partial charge in [-0.05, 0) is 25.2 Å². The van der Waals surface area contributed by atoms with Gasteiger partial charge in [0.1, 0.15) is 6.10 Å². The minimum absolute atomic E-state index is 0.0700. The Labute approximate surface area is 76.6 Å². The van der Waals surface area contributed by atoms with E-state index < -0.39 is 12.1 Å². The summed E-state index contributed by atoms with van der Waals surface area (Å²) in [5, 5.41) is 1.87. The molecule has 1 aliphatic carbocycles. The number of alkyl carbamates (subject to hydrolysis) is 1. The highest BCUT2D eigenvalue weighted by atomic mass is 16.6. The summed E-state index contributed by atoms with van der Waals surface area (Å²) >= 11 is 0. The van der Waals surface area contributed by atoms with E-state index in [-0.39, 0.29) is 6.10 Å². The summed E-state index contributed by atoms with van der Waals surface area (Å²) < 4.78 is 4.98. The molecule has 1 aliphatic rings. The molecular formula is C8H14N2O3. The van der Waals surface area contributed by atoms with Gasteiger partial charge in [-0.2, -0.15) is 0 Å². The quantitative estimate of drug-likeness (QED) is 0.640. The molecule has 5 heteroatoms. The van der Waals surface area contributed by atoms with E-state index in [0.29, 0.717) is 5.92 Å². The molecule has 0 radical (unpaired) electrons. The highest BCUT2D eigenvalue weighted by Crippen LogP contribution is 2.27. The van der Waals surface area contributed by atoms with Crippen LogP contribution in [0.4, 0.5) is 9.59 Å². The first-order chi connectivity index (χ1) is 6.09. The van der Waals surface area contributed by atoms with Crippen LogP contribution in [0.2, 0.25) is 0 Å². The molecule has 0 aromatic carbocycles. The molecule has 0 bridgehead atoms. The lowest BCUT2D eigenvalue weighted by molar-refractivity contribution is 0.0823. The van der Waals surface area contributed by atoms with Crippen molar-refractivity contribution in [3.05, 3.63) is 0 Å². The van der Waals surface area contributed by atoms with Crippen LogP contribution in [0.25, 0.3) is 0 Å². The van der Waals surface area contributed by atoms with Crippen molar-refractivity contribution in [2.24, 2.45) is 11.7 Å². The summed E-state index contributed by atoms with van der Waals surface area (Å²) in [4.78, 5) is 21.2. The number of ether oxygens (including phenoxy) is 1. The second kappa shape index (κ2) is 4.11. The van der Waals surface area contributed by atoms with E-state index in [1.807, 2.05) is 12.2 Å². The lowest BCUT2D eigenvalue weighted by atomic mass is 10.1. The molecular weight excluding hydrogens is 172 g/mol. The second-order valence-corrected chi connectivity index (χ2v) is 3.34. The summed E-state index contributed by atoms with van der Waals surface area (Å²) in [5.74, 6) is 0.374. The van der Waals surface area contributed by atoms with Gasteiger partial charge in [-0.25, -0.2) is 14.9 Å². The number of imide groups is 1. The monoisotopic (exact) mass is 186 g/mol. The van der Waals surface area contributed by atoms with Crippen molar-refractivity contribution in [2.45, 2.75) is 32.3 Å². The zero-order valence-corrected chi connectivity index (χ0v) is 7.58.